The molecule has 0 spiro atoms. The van der Waals surface area contributed by atoms with Crippen LogP contribution in [0, 0.1) is 17.9 Å². The third-order valence-corrected chi connectivity index (χ3v) is 8.85. The molecule has 3 heterocycles. The highest BCUT2D eigenvalue weighted by atomic mass is 31.2. The van der Waals surface area contributed by atoms with E-state index in [4.69, 9.17) is 45.5 Å². The summed E-state index contributed by atoms with van der Waals surface area (Å²) in [7, 11) is -1.39. The minimum absolute atomic E-state index is 0.0701. The molecule has 0 unspecified atom stereocenters. The topological polar surface area (TPSA) is 244 Å². The molecule has 3 fully saturated rings. The molecule has 0 saturated carbocycles. The monoisotopic (exact) mass is 836 g/mol. The largest absolute Gasteiger partial charge is 0.492 e. The number of Topliss-reactive ketones (excluding diaryl/α,β-unsaturated/α-hetero) is 1. The maximum atomic E-state index is 11.7. The van der Waals surface area contributed by atoms with Crippen LogP contribution in [0.2, 0.25) is 0 Å². The Morgan fingerprint density at radius 2 is 1.19 bits per heavy atom. The van der Waals surface area contributed by atoms with E-state index in [9.17, 15) is 28.5 Å². The summed E-state index contributed by atoms with van der Waals surface area (Å²) >= 11 is 0. The zero-order valence-electron chi connectivity index (χ0n) is 35.4. The predicted molar refractivity (Wildman–Crippen MR) is 205 cm³/mol. The van der Waals surface area contributed by atoms with E-state index < -0.39 is 47.8 Å². The second-order valence-corrected chi connectivity index (χ2v) is 17.5. The van der Waals surface area contributed by atoms with E-state index in [-0.39, 0.29) is 37.5 Å². The van der Waals surface area contributed by atoms with Crippen LogP contribution in [0.5, 0.6) is 0 Å². The van der Waals surface area contributed by atoms with Crippen LogP contribution in [-0.4, -0.2) is 175 Å². The molecule has 3 rings (SSSR count). The van der Waals surface area contributed by atoms with Gasteiger partial charge >= 0.3 is 31.3 Å². The molecule has 0 bridgehead atoms. The number of amides is 3. The zero-order valence-corrected chi connectivity index (χ0v) is 36.3. The van der Waals surface area contributed by atoms with Crippen LogP contribution in [0.3, 0.4) is 0 Å². The lowest BCUT2D eigenvalue weighted by Gasteiger charge is -2.33. The summed E-state index contributed by atoms with van der Waals surface area (Å²) in [5.74, 6) is 1.88. The van der Waals surface area contributed by atoms with Crippen LogP contribution in [0.1, 0.15) is 69.2 Å². The van der Waals surface area contributed by atoms with Crippen LogP contribution >= 0.6 is 7.60 Å². The Hall–Kier alpha value is -3.92. The third kappa shape index (κ3) is 22.0. The molecule has 326 valence electrons. The van der Waals surface area contributed by atoms with E-state index in [1.54, 1.807) is 9.80 Å². The van der Waals surface area contributed by atoms with Crippen molar-refractivity contribution in [2.45, 2.75) is 104 Å². The summed E-state index contributed by atoms with van der Waals surface area (Å²) < 4.78 is 51.6. The van der Waals surface area contributed by atoms with E-state index in [0.717, 1.165) is 21.1 Å². The van der Waals surface area contributed by atoms with Crippen molar-refractivity contribution >= 4 is 43.4 Å². The van der Waals surface area contributed by atoms with Crippen LogP contribution in [0.25, 0.3) is 0 Å². The van der Waals surface area contributed by atoms with Crippen molar-refractivity contribution < 1.29 is 75.9 Å². The van der Waals surface area contributed by atoms with Crippen LogP contribution in [0.4, 0.5) is 14.4 Å². The van der Waals surface area contributed by atoms with Gasteiger partial charge in [0.25, 0.3) is 5.78 Å². The number of nitrogens with one attached hydrogen (secondary N) is 1. The number of carbonyl (C=O) groups excluding carboxylic acids is 5. The summed E-state index contributed by atoms with van der Waals surface area (Å²) in [6.07, 6.45) is 3.76. The molecule has 0 aliphatic carbocycles. The van der Waals surface area contributed by atoms with Crippen molar-refractivity contribution in [1.29, 1.82) is 5.53 Å². The molecule has 2 N–H and O–H groups in total. The molecule has 57 heavy (non-hydrogen) atoms. The van der Waals surface area contributed by atoms with Gasteiger partial charge in [0.15, 0.2) is 6.29 Å². The Morgan fingerprint density at radius 1 is 0.789 bits per heavy atom. The van der Waals surface area contributed by atoms with E-state index in [1.165, 1.54) is 4.90 Å². The number of aliphatic hydroxyl groups is 1. The van der Waals surface area contributed by atoms with E-state index in [2.05, 4.69) is 19.8 Å². The first-order valence-corrected chi connectivity index (χ1v) is 19.6. The van der Waals surface area contributed by atoms with Gasteiger partial charge in [-0.15, -0.1) is 6.42 Å². The Bertz CT molecular complexity index is 1450. The maximum Gasteiger partial charge on any atom is 0.492 e. The predicted octanol–water partition coefficient (Wildman–Crippen LogP) is 3.39. The maximum absolute atomic E-state index is 11.7. The molecule has 20 nitrogen and oxygen atoms in total. The minimum Gasteiger partial charge on any atom is -0.444 e. The van der Waals surface area contributed by atoms with Crippen LogP contribution in [0.15, 0.2) is 0 Å². The summed E-state index contributed by atoms with van der Waals surface area (Å²) in [4.78, 5) is 63.6. The zero-order chi connectivity index (χ0) is 44.2. The third-order valence-electron chi connectivity index (χ3n) is 6.96. The molecule has 0 aromatic rings. The highest BCUT2D eigenvalue weighted by Crippen LogP contribution is 2.47. The highest BCUT2D eigenvalue weighted by Gasteiger charge is 2.44. The normalized spacial score (nSPS) is 19.9. The van der Waals surface area contributed by atoms with Crippen molar-refractivity contribution in [3.05, 3.63) is 0 Å². The molecule has 0 radical (unpaired) electrons. The Morgan fingerprint density at radius 3 is 1.53 bits per heavy atom. The molecule has 0 aromatic carbocycles. The fraction of sp³-hybridized carbons (Fsp3) is 0.778. The lowest BCUT2D eigenvalue weighted by atomic mass is 10.2. The molecule has 3 saturated heterocycles. The average molecular weight is 837 g/mol. The number of aldehydes is 1. The molecule has 21 heteroatoms. The number of rotatable bonds is 6. The van der Waals surface area contributed by atoms with Crippen molar-refractivity contribution in [1.82, 2.24) is 14.7 Å². The van der Waals surface area contributed by atoms with Gasteiger partial charge in [0.2, 0.25) is 0 Å². The first-order valence-electron chi connectivity index (χ1n) is 18.1. The fourth-order valence-corrected chi connectivity index (χ4v) is 5.40. The van der Waals surface area contributed by atoms with Crippen LogP contribution in [-0.2, 0) is 51.6 Å². The van der Waals surface area contributed by atoms with Gasteiger partial charge in [-0.05, 0) is 62.3 Å². The van der Waals surface area contributed by atoms with Gasteiger partial charge in [-0.1, -0.05) is 5.92 Å². The molecule has 3 aliphatic rings. The standard InChI is InChI=1S/C11H17NO3.C10H19NO4.C10H17NO4.C5H10N2O4P/c1-5-9-8-12(6-7-14-9)10(13)15-11(2,3)4;2*1-10(2,3)15-9(13)11-4-5-14-8(6-11)7-12;1-4(8)5(7-6)12(9,10-2)11-3/h1,9H,6-8H2,2-4H3;8,12H,4-7H2,1-3H3;7-8H,4-6H2,1-3H3;6H,1-3H3/q;;;+1/t9-;2*8-;/m011./s1. The highest BCUT2D eigenvalue weighted by molar-refractivity contribution is 7.74. The number of ketones is 1. The van der Waals surface area contributed by atoms with Crippen molar-refractivity contribution in [3.8, 4) is 12.3 Å². The smallest absolute Gasteiger partial charge is 0.444 e. The van der Waals surface area contributed by atoms with Gasteiger partial charge in [0.1, 0.15) is 29.0 Å². The van der Waals surface area contributed by atoms with Gasteiger partial charge in [-0.3, -0.25) is 4.79 Å². The van der Waals surface area contributed by atoms with E-state index in [0.29, 0.717) is 58.8 Å². The lowest BCUT2D eigenvalue weighted by molar-refractivity contribution is -0.133. The second-order valence-electron chi connectivity index (χ2n) is 15.4. The molecule has 3 aliphatic heterocycles. The van der Waals surface area contributed by atoms with Crippen LogP contribution < -0.4 is 0 Å². The number of nitrogens with zero attached hydrogens (tertiary/aromatic N) is 4. The molecule has 0 aromatic heterocycles. The minimum atomic E-state index is -3.63. The average Bonchev–Trinajstić information content (AvgIpc) is 3.13. The number of aliphatic hydroxyl groups excluding tert-OH is 1. The first kappa shape index (κ1) is 53.1. The van der Waals surface area contributed by atoms with Crippen molar-refractivity contribution in [2.75, 3.05) is 79.9 Å². The van der Waals surface area contributed by atoms with Gasteiger partial charge < -0.3 is 62.1 Å². The summed E-state index contributed by atoms with van der Waals surface area (Å²) in [6, 6.07) is 0. The SMILES string of the molecule is C#C[C@H]1CN(C(=O)OC(C)(C)C)CCO1.CC(C)(C)OC(=O)N1CCO[C@@H](C=O)C1.CC(C)(C)OC(=O)N1CCO[C@@H](CO)C1.COP(=O)(OC)C(=[N+]=N)C(C)=O. The summed E-state index contributed by atoms with van der Waals surface area (Å²) in [6.45, 7) is 21.4. The van der Waals surface area contributed by atoms with E-state index >= 15 is 0 Å². The number of hydrogen-bond donors (Lipinski definition) is 2. The fourth-order valence-electron chi connectivity index (χ4n) is 4.39. The number of carbonyl (C=O) groups is 5. The van der Waals surface area contributed by atoms with Crippen molar-refractivity contribution in [2.24, 2.45) is 0 Å². The summed E-state index contributed by atoms with van der Waals surface area (Å²) in [5.41, 5.74) is 4.63. The quantitative estimate of drug-likeness (QED) is 0.0741. The Labute approximate surface area is 335 Å². The Balaban J connectivity index is 0.000000737. The number of ether oxygens (including phenoxy) is 6. The van der Waals surface area contributed by atoms with Crippen molar-refractivity contribution in [3.63, 3.8) is 0 Å². The summed E-state index contributed by atoms with van der Waals surface area (Å²) in [5, 5.41) is 8.92. The number of terminal acetylenes is 1. The molecule has 3 amide bonds. The van der Waals surface area contributed by atoms with Gasteiger partial charge in [0.05, 0.1) is 62.5 Å². The molecular formula is C36H63N5O15P+. The van der Waals surface area contributed by atoms with Gasteiger partial charge in [-0.2, -0.15) is 0 Å². The van der Waals surface area contributed by atoms with Gasteiger partial charge in [-0.25, -0.2) is 18.9 Å². The Kier molecular flexibility index (Phi) is 23.1. The lowest BCUT2D eigenvalue weighted by Crippen LogP contribution is -2.48. The number of hydrogen-bond acceptors (Lipinski definition) is 16. The second kappa shape index (κ2) is 24.8. The van der Waals surface area contributed by atoms with Gasteiger partial charge in [0, 0.05) is 40.8 Å². The molecule has 3 atom stereocenters. The number of morpholine rings is 3. The molecular weight excluding hydrogens is 773 g/mol. The van der Waals surface area contributed by atoms with E-state index in [1.807, 2.05) is 62.3 Å². The first-order chi connectivity index (χ1) is 26.3.